The molecule has 2 N–H and O–H groups in total. The Morgan fingerprint density at radius 3 is 2.77 bits per heavy atom. The van der Waals surface area contributed by atoms with Gasteiger partial charge in [-0.25, -0.2) is 4.39 Å². The molecule has 0 aliphatic carbocycles. The van der Waals surface area contributed by atoms with E-state index in [4.69, 9.17) is 17.3 Å². The van der Waals surface area contributed by atoms with Crippen LogP contribution in [0, 0.1) is 0 Å². The summed E-state index contributed by atoms with van der Waals surface area (Å²) < 4.78 is 12.6. The SMILES string of the molecule is CC(CN)c1cccc(Cl)c1CF. The molecule has 0 spiro atoms. The van der Waals surface area contributed by atoms with E-state index in [2.05, 4.69) is 0 Å². The van der Waals surface area contributed by atoms with Gasteiger partial charge in [-0.3, -0.25) is 0 Å². The molecule has 0 aliphatic heterocycles. The van der Waals surface area contributed by atoms with Crippen LogP contribution in [-0.2, 0) is 6.67 Å². The van der Waals surface area contributed by atoms with Crippen LogP contribution in [-0.4, -0.2) is 6.54 Å². The second-order valence-electron chi connectivity index (χ2n) is 3.08. The quantitative estimate of drug-likeness (QED) is 0.800. The lowest BCUT2D eigenvalue weighted by Crippen LogP contribution is -2.10. The first-order valence-corrected chi connectivity index (χ1v) is 4.61. The van der Waals surface area contributed by atoms with E-state index in [-0.39, 0.29) is 5.92 Å². The summed E-state index contributed by atoms with van der Waals surface area (Å²) >= 11 is 5.85. The van der Waals surface area contributed by atoms with Crippen molar-refractivity contribution in [3.8, 4) is 0 Å². The molecule has 0 heterocycles. The predicted octanol–water partition coefficient (Wildman–Crippen LogP) is 2.87. The van der Waals surface area contributed by atoms with Gasteiger partial charge in [0.1, 0.15) is 6.67 Å². The fourth-order valence-corrected chi connectivity index (χ4v) is 1.54. The van der Waals surface area contributed by atoms with Crippen LogP contribution in [0.25, 0.3) is 0 Å². The van der Waals surface area contributed by atoms with Crippen molar-refractivity contribution < 1.29 is 4.39 Å². The van der Waals surface area contributed by atoms with Crippen LogP contribution in [0.1, 0.15) is 24.0 Å². The van der Waals surface area contributed by atoms with Crippen molar-refractivity contribution in [2.75, 3.05) is 6.54 Å². The van der Waals surface area contributed by atoms with E-state index < -0.39 is 6.67 Å². The summed E-state index contributed by atoms with van der Waals surface area (Å²) in [5, 5.41) is 0.486. The number of benzene rings is 1. The van der Waals surface area contributed by atoms with Gasteiger partial charge in [0, 0.05) is 10.6 Å². The molecule has 0 saturated heterocycles. The van der Waals surface area contributed by atoms with Gasteiger partial charge in [0.25, 0.3) is 0 Å². The summed E-state index contributed by atoms with van der Waals surface area (Å²) in [5.74, 6) is 0.157. The van der Waals surface area contributed by atoms with Crippen molar-refractivity contribution in [3.63, 3.8) is 0 Å². The van der Waals surface area contributed by atoms with Crippen molar-refractivity contribution in [3.05, 3.63) is 34.3 Å². The summed E-state index contributed by atoms with van der Waals surface area (Å²) in [5.41, 5.74) is 7.00. The zero-order valence-corrected chi connectivity index (χ0v) is 8.31. The number of hydrogen-bond donors (Lipinski definition) is 1. The van der Waals surface area contributed by atoms with Crippen LogP contribution in [0.4, 0.5) is 4.39 Å². The molecular weight excluding hydrogens is 189 g/mol. The van der Waals surface area contributed by atoms with Crippen molar-refractivity contribution in [1.82, 2.24) is 0 Å². The van der Waals surface area contributed by atoms with Gasteiger partial charge in [-0.2, -0.15) is 0 Å². The second kappa shape index (κ2) is 4.58. The summed E-state index contributed by atoms with van der Waals surface area (Å²) in [6, 6.07) is 5.39. The summed E-state index contributed by atoms with van der Waals surface area (Å²) in [6.07, 6.45) is 0. The smallest absolute Gasteiger partial charge is 0.116 e. The Morgan fingerprint density at radius 2 is 2.23 bits per heavy atom. The third kappa shape index (κ3) is 2.20. The van der Waals surface area contributed by atoms with Crippen LogP contribution in [0.3, 0.4) is 0 Å². The molecular formula is C10H13ClFN. The molecule has 1 atom stereocenters. The molecule has 1 rings (SSSR count). The maximum atomic E-state index is 12.6. The van der Waals surface area contributed by atoms with Gasteiger partial charge in [-0.1, -0.05) is 30.7 Å². The van der Waals surface area contributed by atoms with Gasteiger partial charge in [-0.15, -0.1) is 0 Å². The normalized spacial score (nSPS) is 12.9. The first kappa shape index (κ1) is 10.5. The fourth-order valence-electron chi connectivity index (χ4n) is 1.30. The molecule has 1 aromatic carbocycles. The lowest BCUT2D eigenvalue weighted by atomic mass is 9.96. The molecule has 0 amide bonds. The highest BCUT2D eigenvalue weighted by Crippen LogP contribution is 2.26. The Morgan fingerprint density at radius 1 is 1.54 bits per heavy atom. The minimum Gasteiger partial charge on any atom is -0.330 e. The standard InChI is InChI=1S/C10H13ClFN/c1-7(6-13)8-3-2-4-10(11)9(8)5-12/h2-4,7H,5-6,13H2,1H3. The second-order valence-corrected chi connectivity index (χ2v) is 3.49. The zero-order valence-electron chi connectivity index (χ0n) is 7.56. The van der Waals surface area contributed by atoms with E-state index in [1.165, 1.54) is 0 Å². The van der Waals surface area contributed by atoms with Gasteiger partial charge >= 0.3 is 0 Å². The van der Waals surface area contributed by atoms with E-state index >= 15 is 0 Å². The maximum absolute atomic E-state index is 12.6. The van der Waals surface area contributed by atoms with Crippen LogP contribution in [0.2, 0.25) is 5.02 Å². The summed E-state index contributed by atoms with van der Waals surface area (Å²) in [6.45, 7) is 1.94. The number of hydrogen-bond acceptors (Lipinski definition) is 1. The van der Waals surface area contributed by atoms with Gasteiger partial charge < -0.3 is 5.73 Å². The number of halogens is 2. The summed E-state index contributed by atoms with van der Waals surface area (Å²) in [4.78, 5) is 0. The molecule has 0 aliphatic rings. The molecule has 1 aromatic rings. The van der Waals surface area contributed by atoms with E-state index in [9.17, 15) is 4.39 Å². The molecule has 1 unspecified atom stereocenters. The Balaban J connectivity index is 3.12. The number of nitrogens with two attached hydrogens (primary N) is 1. The Labute approximate surface area is 82.7 Å². The van der Waals surface area contributed by atoms with Crippen molar-refractivity contribution in [2.45, 2.75) is 19.5 Å². The van der Waals surface area contributed by atoms with Crippen LogP contribution in [0.5, 0.6) is 0 Å². The van der Waals surface area contributed by atoms with Gasteiger partial charge in [0.05, 0.1) is 0 Å². The van der Waals surface area contributed by atoms with Gasteiger partial charge in [-0.05, 0) is 24.1 Å². The first-order valence-electron chi connectivity index (χ1n) is 4.24. The Kier molecular flexibility index (Phi) is 3.70. The first-order chi connectivity index (χ1) is 6.20. The highest BCUT2D eigenvalue weighted by atomic mass is 35.5. The molecule has 1 nitrogen and oxygen atoms in total. The lowest BCUT2D eigenvalue weighted by molar-refractivity contribution is 0.480. The molecule has 3 heteroatoms. The Bertz CT molecular complexity index is 288. The average Bonchev–Trinajstić information content (AvgIpc) is 2.16. The Hall–Kier alpha value is -0.600. The molecule has 0 radical (unpaired) electrons. The monoisotopic (exact) mass is 201 g/mol. The van der Waals surface area contributed by atoms with Gasteiger partial charge in [0.15, 0.2) is 0 Å². The van der Waals surface area contributed by atoms with Crippen molar-refractivity contribution in [2.24, 2.45) is 5.73 Å². The van der Waals surface area contributed by atoms with E-state index in [0.29, 0.717) is 17.1 Å². The molecule has 0 fully saturated rings. The fraction of sp³-hybridized carbons (Fsp3) is 0.400. The zero-order chi connectivity index (χ0) is 9.84. The maximum Gasteiger partial charge on any atom is 0.116 e. The predicted molar refractivity (Wildman–Crippen MR) is 53.7 cm³/mol. The molecule has 0 bridgehead atoms. The van der Waals surface area contributed by atoms with Crippen LogP contribution >= 0.6 is 11.6 Å². The molecule has 0 saturated carbocycles. The molecule has 13 heavy (non-hydrogen) atoms. The average molecular weight is 202 g/mol. The van der Waals surface area contributed by atoms with E-state index in [1.54, 1.807) is 6.07 Å². The third-order valence-corrected chi connectivity index (χ3v) is 2.53. The molecule has 72 valence electrons. The minimum atomic E-state index is -0.528. The summed E-state index contributed by atoms with van der Waals surface area (Å²) in [7, 11) is 0. The minimum absolute atomic E-state index is 0.157. The van der Waals surface area contributed by atoms with Crippen molar-refractivity contribution in [1.29, 1.82) is 0 Å². The highest BCUT2D eigenvalue weighted by Gasteiger charge is 2.11. The van der Waals surface area contributed by atoms with Crippen LogP contribution in [0.15, 0.2) is 18.2 Å². The highest BCUT2D eigenvalue weighted by molar-refractivity contribution is 6.31. The van der Waals surface area contributed by atoms with E-state index in [0.717, 1.165) is 5.56 Å². The number of alkyl halides is 1. The van der Waals surface area contributed by atoms with Crippen LogP contribution < -0.4 is 5.73 Å². The van der Waals surface area contributed by atoms with Gasteiger partial charge in [0.2, 0.25) is 0 Å². The molecule has 0 aromatic heterocycles. The number of rotatable bonds is 3. The van der Waals surface area contributed by atoms with E-state index in [1.807, 2.05) is 19.1 Å². The topological polar surface area (TPSA) is 26.0 Å². The lowest BCUT2D eigenvalue weighted by Gasteiger charge is -2.13. The largest absolute Gasteiger partial charge is 0.330 e. The van der Waals surface area contributed by atoms with Crippen molar-refractivity contribution >= 4 is 11.6 Å². The third-order valence-electron chi connectivity index (χ3n) is 2.17.